The van der Waals surface area contributed by atoms with Crippen molar-refractivity contribution >= 4 is 17.7 Å². The summed E-state index contributed by atoms with van der Waals surface area (Å²) in [6.45, 7) is 3.58. The third-order valence-corrected chi connectivity index (χ3v) is 5.43. The van der Waals surface area contributed by atoms with Crippen LogP contribution >= 0.6 is 0 Å². The van der Waals surface area contributed by atoms with Crippen molar-refractivity contribution in [1.29, 1.82) is 0 Å². The zero-order chi connectivity index (χ0) is 18.4. The molecule has 0 amide bonds. The molecule has 138 valence electrons. The van der Waals surface area contributed by atoms with E-state index in [9.17, 15) is 24.6 Å². The zero-order valence-corrected chi connectivity index (χ0v) is 14.3. The van der Waals surface area contributed by atoms with Gasteiger partial charge in [0.15, 0.2) is 5.78 Å². The fraction of sp³-hybridized carbons (Fsp3) is 0.706. The van der Waals surface area contributed by atoms with Crippen molar-refractivity contribution in [2.45, 2.75) is 50.5 Å². The van der Waals surface area contributed by atoms with Crippen molar-refractivity contribution in [3.05, 3.63) is 11.6 Å². The molecule has 25 heavy (non-hydrogen) atoms. The van der Waals surface area contributed by atoms with Crippen LogP contribution < -0.4 is 0 Å². The van der Waals surface area contributed by atoms with E-state index in [1.165, 1.54) is 6.08 Å². The van der Waals surface area contributed by atoms with Crippen LogP contribution in [-0.2, 0) is 23.9 Å². The molecule has 3 rings (SSSR count). The van der Waals surface area contributed by atoms with Gasteiger partial charge in [0, 0.05) is 31.0 Å². The number of hydrogen-bond acceptors (Lipinski definition) is 8. The van der Waals surface area contributed by atoms with Gasteiger partial charge in [-0.1, -0.05) is 6.08 Å². The lowest BCUT2D eigenvalue weighted by molar-refractivity contribution is -0.172. The van der Waals surface area contributed by atoms with Crippen LogP contribution in [-0.4, -0.2) is 76.4 Å². The molecule has 0 radical (unpaired) electrons. The maximum Gasteiger partial charge on any atom is 0.345 e. The molecule has 0 spiro atoms. The molecule has 5 atom stereocenters. The van der Waals surface area contributed by atoms with Gasteiger partial charge in [-0.3, -0.25) is 9.69 Å². The Kier molecular flexibility index (Phi) is 4.70. The first kappa shape index (κ1) is 18.0. The van der Waals surface area contributed by atoms with Gasteiger partial charge in [0.05, 0.1) is 18.8 Å². The number of rotatable bonds is 0. The number of aliphatic hydroxyl groups excluding tert-OH is 1. The molecule has 3 heterocycles. The van der Waals surface area contributed by atoms with E-state index in [4.69, 9.17) is 9.47 Å². The molecular weight excluding hydrogens is 330 g/mol. The molecule has 8 nitrogen and oxygen atoms in total. The highest BCUT2D eigenvalue weighted by atomic mass is 16.6. The van der Waals surface area contributed by atoms with Gasteiger partial charge in [-0.15, -0.1) is 0 Å². The maximum absolute atomic E-state index is 12.4. The molecule has 0 aromatic heterocycles. The minimum absolute atomic E-state index is 0.0900. The van der Waals surface area contributed by atoms with Gasteiger partial charge >= 0.3 is 11.9 Å². The van der Waals surface area contributed by atoms with Crippen molar-refractivity contribution in [2.75, 3.05) is 19.7 Å². The lowest BCUT2D eigenvalue weighted by Gasteiger charge is -2.29. The Bertz CT molecular complexity index is 626. The molecule has 0 aliphatic carbocycles. The smallest absolute Gasteiger partial charge is 0.345 e. The van der Waals surface area contributed by atoms with Crippen LogP contribution in [0.5, 0.6) is 0 Å². The van der Waals surface area contributed by atoms with E-state index < -0.39 is 47.9 Å². The molecular formula is C17H23NO7. The summed E-state index contributed by atoms with van der Waals surface area (Å²) >= 11 is 0. The zero-order valence-electron chi connectivity index (χ0n) is 14.3. The molecule has 0 aromatic rings. The molecule has 8 heteroatoms. The summed E-state index contributed by atoms with van der Waals surface area (Å²) < 4.78 is 10.7. The Morgan fingerprint density at radius 2 is 2.04 bits per heavy atom. The number of esters is 2. The number of ether oxygens (including phenoxy) is 2. The summed E-state index contributed by atoms with van der Waals surface area (Å²) in [5.41, 5.74) is -2.27. The van der Waals surface area contributed by atoms with E-state index in [1.54, 1.807) is 6.92 Å². The molecule has 3 aliphatic rings. The van der Waals surface area contributed by atoms with Crippen LogP contribution in [0.3, 0.4) is 0 Å². The number of carbonyl (C=O) groups is 3. The number of carbonyl (C=O) groups excluding carboxylic acids is 3. The summed E-state index contributed by atoms with van der Waals surface area (Å²) in [5.74, 6) is -2.97. The second-order valence-electron chi connectivity index (χ2n) is 7.03. The first-order chi connectivity index (χ1) is 11.8. The Labute approximate surface area is 145 Å². The largest absolute Gasteiger partial charge is 0.463 e. The minimum atomic E-state index is -2.36. The Balaban J connectivity index is 1.93. The third kappa shape index (κ3) is 3.09. The average Bonchev–Trinajstić information content (AvgIpc) is 3.08. The lowest BCUT2D eigenvalue weighted by Crippen LogP contribution is -2.48. The van der Waals surface area contributed by atoms with E-state index in [0.29, 0.717) is 19.5 Å². The third-order valence-electron chi connectivity index (χ3n) is 5.43. The van der Waals surface area contributed by atoms with Crippen molar-refractivity contribution in [3.8, 4) is 0 Å². The molecule has 5 unspecified atom stereocenters. The van der Waals surface area contributed by atoms with E-state index in [2.05, 4.69) is 0 Å². The predicted molar refractivity (Wildman–Crippen MR) is 84.3 cm³/mol. The van der Waals surface area contributed by atoms with Crippen LogP contribution in [0.15, 0.2) is 11.6 Å². The second-order valence-corrected chi connectivity index (χ2v) is 7.03. The van der Waals surface area contributed by atoms with Crippen molar-refractivity contribution in [2.24, 2.45) is 5.92 Å². The summed E-state index contributed by atoms with van der Waals surface area (Å²) in [4.78, 5) is 38.9. The molecule has 0 saturated carbocycles. The van der Waals surface area contributed by atoms with Crippen LogP contribution in [0.2, 0.25) is 0 Å². The normalized spacial score (nSPS) is 41.8. The van der Waals surface area contributed by atoms with Crippen molar-refractivity contribution in [3.63, 3.8) is 0 Å². The first-order valence-corrected chi connectivity index (χ1v) is 8.47. The predicted octanol–water partition coefficient (Wildman–Crippen LogP) is -0.823. The van der Waals surface area contributed by atoms with E-state index >= 15 is 0 Å². The number of Topliss-reactive ketones (excluding diaryl/α,β-unsaturated/α-hetero) is 1. The summed E-state index contributed by atoms with van der Waals surface area (Å²) in [6, 6.07) is -0.245. The van der Waals surface area contributed by atoms with Crippen molar-refractivity contribution < 1.29 is 34.1 Å². The van der Waals surface area contributed by atoms with Gasteiger partial charge in [0.1, 0.15) is 6.10 Å². The van der Waals surface area contributed by atoms with E-state index in [-0.39, 0.29) is 18.2 Å². The molecule has 3 saturated heterocycles. The minimum Gasteiger partial charge on any atom is -0.463 e. The fourth-order valence-corrected chi connectivity index (χ4v) is 3.83. The number of hydrogen-bond donors (Lipinski definition) is 2. The van der Waals surface area contributed by atoms with Crippen LogP contribution in [0.4, 0.5) is 0 Å². The number of allylic oxidation sites excluding steroid dienone is 1. The number of aliphatic hydroxyl groups is 2. The second kappa shape index (κ2) is 6.51. The van der Waals surface area contributed by atoms with Crippen LogP contribution in [0.25, 0.3) is 0 Å². The molecule has 0 aromatic carbocycles. The van der Waals surface area contributed by atoms with Gasteiger partial charge in [-0.2, -0.15) is 0 Å². The number of nitrogens with zero attached hydrogens (tertiary/aromatic N) is 1. The standard InChI is InChI=1S/C17H23NO7/c1-3-9-6-13(20)17(2,23)16(22)24-8-10-11(19)7-18-5-4-12(14(10)18)25-15(9)21/h3,10-12,14,19,23H,4-8H2,1-2H3. The summed E-state index contributed by atoms with van der Waals surface area (Å²) in [7, 11) is 0. The topological polar surface area (TPSA) is 113 Å². The summed E-state index contributed by atoms with van der Waals surface area (Å²) in [5, 5.41) is 20.5. The molecule has 2 N–H and O–H groups in total. The molecule has 0 bridgehead atoms. The number of cyclic esters (lactones) is 1. The highest BCUT2D eigenvalue weighted by molar-refractivity contribution is 6.09. The SMILES string of the molecule is CC=C1CC(=O)C(C)(O)C(=O)OCC2C(O)CN3CCC(OC1=O)C23. The van der Waals surface area contributed by atoms with Crippen molar-refractivity contribution in [1.82, 2.24) is 4.90 Å². The number of ketones is 1. The van der Waals surface area contributed by atoms with Gasteiger partial charge in [-0.05, 0) is 20.3 Å². The quantitative estimate of drug-likeness (QED) is 0.330. The fourth-order valence-electron chi connectivity index (χ4n) is 3.83. The van der Waals surface area contributed by atoms with E-state index in [1.807, 2.05) is 4.90 Å². The van der Waals surface area contributed by atoms with Crippen LogP contribution in [0, 0.1) is 5.92 Å². The Morgan fingerprint density at radius 3 is 2.72 bits per heavy atom. The average molecular weight is 353 g/mol. The Hall–Kier alpha value is -1.77. The highest BCUT2D eigenvalue weighted by Crippen LogP contribution is 2.36. The van der Waals surface area contributed by atoms with Gasteiger partial charge in [0.25, 0.3) is 0 Å². The molecule has 3 fully saturated rings. The van der Waals surface area contributed by atoms with E-state index in [0.717, 1.165) is 6.92 Å². The maximum atomic E-state index is 12.4. The van der Waals surface area contributed by atoms with Gasteiger partial charge < -0.3 is 19.7 Å². The first-order valence-electron chi connectivity index (χ1n) is 8.47. The van der Waals surface area contributed by atoms with Crippen LogP contribution in [0.1, 0.15) is 26.7 Å². The summed E-state index contributed by atoms with van der Waals surface area (Å²) in [6.07, 6.45) is 0.490. The van der Waals surface area contributed by atoms with Gasteiger partial charge in [0.2, 0.25) is 5.60 Å². The highest BCUT2D eigenvalue weighted by Gasteiger charge is 2.52. The monoisotopic (exact) mass is 353 g/mol. The molecule has 3 aliphatic heterocycles. The Morgan fingerprint density at radius 1 is 1.32 bits per heavy atom. The van der Waals surface area contributed by atoms with Gasteiger partial charge in [-0.25, -0.2) is 9.59 Å². The lowest BCUT2D eigenvalue weighted by atomic mass is 9.92.